The Morgan fingerprint density at radius 2 is 1.50 bits per heavy atom. The van der Waals surface area contributed by atoms with Gasteiger partial charge in [0.25, 0.3) is 0 Å². The summed E-state index contributed by atoms with van der Waals surface area (Å²) < 4.78 is 5.31. The van der Waals surface area contributed by atoms with Crippen LogP contribution in [-0.4, -0.2) is 5.97 Å². The summed E-state index contributed by atoms with van der Waals surface area (Å²) in [7, 11) is 0. The first-order valence-electron chi connectivity index (χ1n) is 8.74. The molecule has 0 aromatic rings. The summed E-state index contributed by atoms with van der Waals surface area (Å²) in [6.07, 6.45) is 18.1. The monoisotopic (exact) mass is 276 g/mol. The molecule has 0 aromatic carbocycles. The molecule has 1 heterocycles. The second kappa shape index (κ2) is 6.78. The fourth-order valence-electron chi connectivity index (χ4n) is 4.17. The van der Waals surface area contributed by atoms with E-state index in [2.05, 4.69) is 6.08 Å². The van der Waals surface area contributed by atoms with Crippen molar-refractivity contribution in [2.75, 3.05) is 0 Å². The van der Waals surface area contributed by atoms with Crippen LogP contribution in [-0.2, 0) is 9.53 Å². The molecule has 2 aliphatic carbocycles. The molecule has 0 bridgehead atoms. The molecule has 1 atom stereocenters. The van der Waals surface area contributed by atoms with Crippen LogP contribution < -0.4 is 0 Å². The average Bonchev–Trinajstić information content (AvgIpc) is 2.51. The molecule has 3 rings (SSSR count). The van der Waals surface area contributed by atoms with E-state index in [-0.39, 0.29) is 11.9 Å². The number of rotatable bonds is 4. The van der Waals surface area contributed by atoms with Crippen LogP contribution in [0.15, 0.2) is 11.8 Å². The zero-order valence-corrected chi connectivity index (χ0v) is 12.6. The molecule has 3 aliphatic rings. The molecule has 1 aliphatic heterocycles. The molecule has 0 aromatic heterocycles. The largest absolute Gasteiger partial charge is 0.430 e. The molecule has 112 valence electrons. The third-order valence-corrected chi connectivity index (χ3v) is 5.52. The molecule has 3 fully saturated rings. The number of esters is 1. The second-order valence-corrected chi connectivity index (χ2v) is 7.06. The summed E-state index contributed by atoms with van der Waals surface area (Å²) >= 11 is 0. The van der Waals surface area contributed by atoms with Gasteiger partial charge in [-0.1, -0.05) is 64.2 Å². The van der Waals surface area contributed by atoms with Gasteiger partial charge in [0.05, 0.1) is 0 Å². The van der Waals surface area contributed by atoms with E-state index < -0.39 is 0 Å². The van der Waals surface area contributed by atoms with Crippen molar-refractivity contribution >= 4 is 5.97 Å². The smallest absolute Gasteiger partial charge is 0.321 e. The maximum atomic E-state index is 11.7. The first kappa shape index (κ1) is 14.2. The Morgan fingerprint density at radius 1 is 0.900 bits per heavy atom. The topological polar surface area (TPSA) is 26.3 Å². The van der Waals surface area contributed by atoms with Gasteiger partial charge in [0.2, 0.25) is 0 Å². The highest BCUT2D eigenvalue weighted by Crippen LogP contribution is 2.38. The lowest BCUT2D eigenvalue weighted by Crippen LogP contribution is -2.34. The number of cyclic esters (lactones) is 1. The van der Waals surface area contributed by atoms with Crippen molar-refractivity contribution < 1.29 is 9.53 Å². The van der Waals surface area contributed by atoms with Crippen LogP contribution in [0.25, 0.3) is 0 Å². The van der Waals surface area contributed by atoms with E-state index >= 15 is 0 Å². The molecular formula is C18H28O2. The summed E-state index contributed by atoms with van der Waals surface area (Å²) in [6.45, 7) is 0. The molecule has 20 heavy (non-hydrogen) atoms. The molecule has 2 heteroatoms. The van der Waals surface area contributed by atoms with Crippen LogP contribution in [0.5, 0.6) is 0 Å². The fourth-order valence-corrected chi connectivity index (χ4v) is 4.17. The molecule has 0 radical (unpaired) electrons. The molecule has 0 N–H and O–H groups in total. The van der Waals surface area contributed by atoms with Gasteiger partial charge in [-0.2, -0.15) is 0 Å². The van der Waals surface area contributed by atoms with E-state index in [4.69, 9.17) is 4.74 Å². The average molecular weight is 276 g/mol. The van der Waals surface area contributed by atoms with Crippen molar-refractivity contribution in [1.82, 2.24) is 0 Å². The van der Waals surface area contributed by atoms with Crippen LogP contribution in [0.2, 0.25) is 0 Å². The van der Waals surface area contributed by atoms with Crippen LogP contribution in [0.1, 0.15) is 77.0 Å². The van der Waals surface area contributed by atoms with Gasteiger partial charge >= 0.3 is 5.97 Å². The Hall–Kier alpha value is -0.790. The lowest BCUT2D eigenvalue weighted by Gasteiger charge is -2.32. The Balaban J connectivity index is 1.49. The van der Waals surface area contributed by atoms with E-state index in [0.29, 0.717) is 0 Å². The van der Waals surface area contributed by atoms with Gasteiger partial charge in [-0.15, -0.1) is 0 Å². The summed E-state index contributed by atoms with van der Waals surface area (Å²) in [4.78, 5) is 11.7. The first-order chi connectivity index (χ1) is 9.83. The zero-order chi connectivity index (χ0) is 13.8. The van der Waals surface area contributed by atoms with E-state index in [1.54, 1.807) is 0 Å². The molecule has 2 nitrogen and oxygen atoms in total. The normalized spacial score (nSPS) is 31.1. The third kappa shape index (κ3) is 3.45. The lowest BCUT2D eigenvalue weighted by molar-refractivity contribution is -0.158. The van der Waals surface area contributed by atoms with Gasteiger partial charge in [-0.3, -0.25) is 4.79 Å². The maximum Gasteiger partial charge on any atom is 0.321 e. The predicted molar refractivity (Wildman–Crippen MR) is 80.0 cm³/mol. The summed E-state index contributed by atoms with van der Waals surface area (Å²) in [5.41, 5.74) is 0. The van der Waals surface area contributed by atoms with Crippen LogP contribution >= 0.6 is 0 Å². The van der Waals surface area contributed by atoms with E-state index in [0.717, 1.165) is 30.4 Å². The van der Waals surface area contributed by atoms with E-state index in [1.165, 1.54) is 64.2 Å². The van der Waals surface area contributed by atoms with Crippen molar-refractivity contribution in [3.8, 4) is 0 Å². The van der Waals surface area contributed by atoms with Crippen molar-refractivity contribution in [2.45, 2.75) is 77.0 Å². The predicted octanol–water partition coefficient (Wildman–Crippen LogP) is 4.98. The van der Waals surface area contributed by atoms with Crippen molar-refractivity contribution in [3.05, 3.63) is 11.8 Å². The van der Waals surface area contributed by atoms with E-state index in [9.17, 15) is 4.79 Å². The number of hydrogen-bond donors (Lipinski definition) is 0. The fraction of sp³-hybridized carbons (Fsp3) is 0.833. The zero-order valence-electron chi connectivity index (χ0n) is 12.6. The summed E-state index contributed by atoms with van der Waals surface area (Å²) in [5, 5.41) is 0. The number of allylic oxidation sites excluding steroid dienone is 1. The molecular weight excluding hydrogens is 248 g/mol. The number of carbonyl (C=O) groups is 1. The van der Waals surface area contributed by atoms with Gasteiger partial charge in [-0.05, 0) is 30.8 Å². The number of hydrogen-bond acceptors (Lipinski definition) is 2. The number of ether oxygens (including phenoxy) is 1. The Morgan fingerprint density at radius 3 is 2.10 bits per heavy atom. The van der Waals surface area contributed by atoms with Gasteiger partial charge in [0.1, 0.15) is 11.7 Å². The van der Waals surface area contributed by atoms with Gasteiger partial charge in [0, 0.05) is 0 Å². The number of carbonyl (C=O) groups excluding carboxylic acids is 1. The minimum atomic E-state index is 0.0328. The van der Waals surface area contributed by atoms with Crippen molar-refractivity contribution in [3.63, 3.8) is 0 Å². The minimum Gasteiger partial charge on any atom is -0.430 e. The van der Waals surface area contributed by atoms with Gasteiger partial charge in [-0.25, -0.2) is 0 Å². The van der Waals surface area contributed by atoms with Crippen LogP contribution in [0.3, 0.4) is 0 Å². The molecule has 1 saturated heterocycles. The molecule has 0 amide bonds. The minimum absolute atomic E-state index is 0.0328. The van der Waals surface area contributed by atoms with Gasteiger partial charge in [0.15, 0.2) is 0 Å². The first-order valence-corrected chi connectivity index (χ1v) is 8.74. The molecule has 1 unspecified atom stereocenters. The highest BCUT2D eigenvalue weighted by molar-refractivity contribution is 5.83. The van der Waals surface area contributed by atoms with Gasteiger partial charge < -0.3 is 4.74 Å². The molecule has 0 spiro atoms. The second-order valence-electron chi connectivity index (χ2n) is 7.06. The van der Waals surface area contributed by atoms with Crippen LogP contribution in [0.4, 0.5) is 0 Å². The van der Waals surface area contributed by atoms with Crippen molar-refractivity contribution in [2.24, 2.45) is 17.8 Å². The van der Waals surface area contributed by atoms with Crippen molar-refractivity contribution in [1.29, 1.82) is 0 Å². The molecule has 2 saturated carbocycles. The SMILES string of the molecule is O=C1O/C(=C\CC2CCCCC2)C1CC1CCCCC1. The maximum absolute atomic E-state index is 11.7. The summed E-state index contributed by atoms with van der Waals surface area (Å²) in [5.74, 6) is 2.75. The Kier molecular flexibility index (Phi) is 4.80. The summed E-state index contributed by atoms with van der Waals surface area (Å²) in [6, 6.07) is 0. The van der Waals surface area contributed by atoms with Crippen LogP contribution in [0, 0.1) is 17.8 Å². The highest BCUT2D eigenvalue weighted by atomic mass is 16.6. The third-order valence-electron chi connectivity index (χ3n) is 5.52. The lowest BCUT2D eigenvalue weighted by atomic mass is 9.80. The quantitative estimate of drug-likeness (QED) is 0.677. The highest BCUT2D eigenvalue weighted by Gasteiger charge is 2.38. The standard InChI is InChI=1S/C18H28O2/c19-18-16(13-15-9-5-2-6-10-15)17(20-18)12-11-14-7-3-1-4-8-14/h12,14-16H,1-11,13H2/b17-12-. The van der Waals surface area contributed by atoms with E-state index in [1.807, 2.05) is 0 Å². The Labute approximate surface area is 123 Å². The Bertz CT molecular complexity index is 360.